The minimum Gasteiger partial charge on any atom is -0.307 e. The van der Waals surface area contributed by atoms with Crippen molar-refractivity contribution in [2.24, 2.45) is 5.41 Å². The fourth-order valence-corrected chi connectivity index (χ4v) is 4.19. The van der Waals surface area contributed by atoms with Gasteiger partial charge in [0.05, 0.1) is 10.0 Å². The summed E-state index contributed by atoms with van der Waals surface area (Å²) in [5.74, 6) is 2.45. The summed E-state index contributed by atoms with van der Waals surface area (Å²) in [5.41, 5.74) is 1.63. The Morgan fingerprint density at radius 3 is 2.68 bits per heavy atom. The zero-order valence-corrected chi connectivity index (χ0v) is 14.0. The summed E-state index contributed by atoms with van der Waals surface area (Å²) >= 11 is 14.1. The maximum atomic E-state index is 6.08. The van der Waals surface area contributed by atoms with Gasteiger partial charge >= 0.3 is 0 Å². The van der Waals surface area contributed by atoms with Gasteiger partial charge in [-0.1, -0.05) is 43.1 Å². The van der Waals surface area contributed by atoms with Crippen LogP contribution in [-0.2, 0) is 0 Å². The van der Waals surface area contributed by atoms with Crippen LogP contribution >= 0.6 is 35.0 Å². The smallest absolute Gasteiger partial charge is 0.0595 e. The van der Waals surface area contributed by atoms with E-state index in [-0.39, 0.29) is 0 Å². The van der Waals surface area contributed by atoms with Crippen LogP contribution < -0.4 is 5.32 Å². The minimum absolute atomic E-state index is 0.300. The van der Waals surface area contributed by atoms with Gasteiger partial charge in [-0.3, -0.25) is 0 Å². The van der Waals surface area contributed by atoms with E-state index >= 15 is 0 Å². The van der Waals surface area contributed by atoms with Crippen molar-refractivity contribution in [3.63, 3.8) is 0 Å². The van der Waals surface area contributed by atoms with Crippen LogP contribution in [0.5, 0.6) is 0 Å². The van der Waals surface area contributed by atoms with Crippen molar-refractivity contribution >= 4 is 35.0 Å². The lowest BCUT2D eigenvalue weighted by Crippen LogP contribution is -2.41. The van der Waals surface area contributed by atoms with Crippen molar-refractivity contribution in [2.75, 3.05) is 11.5 Å². The highest BCUT2D eigenvalue weighted by Crippen LogP contribution is 2.34. The van der Waals surface area contributed by atoms with E-state index in [9.17, 15) is 0 Å². The maximum Gasteiger partial charge on any atom is 0.0595 e. The molecule has 1 aliphatic rings. The minimum atomic E-state index is 0.300. The van der Waals surface area contributed by atoms with Gasteiger partial charge in [0.25, 0.3) is 0 Å². The number of benzene rings is 1. The third kappa shape index (κ3) is 4.29. The molecule has 2 atom stereocenters. The highest BCUT2D eigenvalue weighted by Gasteiger charge is 2.29. The largest absolute Gasteiger partial charge is 0.307 e. The van der Waals surface area contributed by atoms with Crippen LogP contribution in [0.15, 0.2) is 18.2 Å². The first kappa shape index (κ1) is 15.5. The fourth-order valence-electron chi connectivity index (χ4n) is 2.60. The van der Waals surface area contributed by atoms with Crippen molar-refractivity contribution in [2.45, 2.75) is 39.3 Å². The summed E-state index contributed by atoms with van der Waals surface area (Å²) in [7, 11) is 0. The van der Waals surface area contributed by atoms with Crippen molar-refractivity contribution in [3.8, 4) is 0 Å². The Morgan fingerprint density at radius 2 is 2.05 bits per heavy atom. The molecule has 1 aromatic carbocycles. The molecule has 2 rings (SSSR count). The monoisotopic (exact) mass is 317 g/mol. The Morgan fingerprint density at radius 1 is 1.32 bits per heavy atom. The molecular weight excluding hydrogens is 297 g/mol. The number of halogens is 2. The highest BCUT2D eigenvalue weighted by atomic mass is 35.5. The van der Waals surface area contributed by atoms with Crippen LogP contribution in [0.4, 0.5) is 0 Å². The molecule has 19 heavy (non-hydrogen) atoms. The first-order chi connectivity index (χ1) is 8.87. The normalized spacial score (nSPS) is 24.2. The van der Waals surface area contributed by atoms with Gasteiger partial charge in [-0.2, -0.15) is 11.8 Å². The molecule has 1 fully saturated rings. The average Bonchev–Trinajstić information content (AvgIpc) is 2.31. The predicted octanol–water partition coefficient (Wildman–Crippen LogP) is 5.18. The lowest BCUT2D eigenvalue weighted by atomic mass is 9.87. The zero-order valence-electron chi connectivity index (χ0n) is 11.7. The summed E-state index contributed by atoms with van der Waals surface area (Å²) in [6, 6.07) is 6.75. The molecule has 1 aromatic rings. The van der Waals surface area contributed by atoms with Crippen LogP contribution in [0.25, 0.3) is 0 Å². The quantitative estimate of drug-likeness (QED) is 0.824. The molecule has 0 aromatic heterocycles. The molecular formula is C15H21Cl2NS. The zero-order chi connectivity index (χ0) is 14.0. The first-order valence-corrected chi connectivity index (χ1v) is 8.57. The lowest BCUT2D eigenvalue weighted by molar-refractivity contribution is 0.305. The Labute approximate surface area is 130 Å². The SMILES string of the molecule is CC(NC1CSCC(C)(C)C1)c1ccc(Cl)c(Cl)c1. The molecule has 1 aliphatic heterocycles. The van der Waals surface area contributed by atoms with E-state index in [1.807, 2.05) is 30.0 Å². The van der Waals surface area contributed by atoms with Crippen molar-refractivity contribution < 1.29 is 0 Å². The molecule has 2 unspecified atom stereocenters. The third-order valence-corrected chi connectivity index (χ3v) is 5.90. The molecule has 0 bridgehead atoms. The summed E-state index contributed by atoms with van der Waals surface area (Å²) in [6.45, 7) is 6.88. The Balaban J connectivity index is 2.00. The Kier molecular flexibility index (Phi) is 5.10. The van der Waals surface area contributed by atoms with E-state index in [0.29, 0.717) is 27.5 Å². The van der Waals surface area contributed by atoms with Crippen LogP contribution in [-0.4, -0.2) is 17.5 Å². The Bertz CT molecular complexity index is 448. The Hall–Kier alpha value is 0.110. The van der Waals surface area contributed by atoms with Crippen molar-refractivity contribution in [3.05, 3.63) is 33.8 Å². The maximum absolute atomic E-state index is 6.08. The van der Waals surface area contributed by atoms with Gasteiger partial charge < -0.3 is 5.32 Å². The third-order valence-electron chi connectivity index (χ3n) is 3.54. The molecule has 0 amide bonds. The number of hydrogen-bond acceptors (Lipinski definition) is 2. The molecule has 0 spiro atoms. The lowest BCUT2D eigenvalue weighted by Gasteiger charge is -2.36. The number of rotatable bonds is 3. The van der Waals surface area contributed by atoms with Gasteiger partial charge in [0.1, 0.15) is 0 Å². The van der Waals surface area contributed by atoms with E-state index in [0.717, 1.165) is 0 Å². The average molecular weight is 318 g/mol. The van der Waals surface area contributed by atoms with Crippen LogP contribution in [0.2, 0.25) is 10.0 Å². The van der Waals surface area contributed by atoms with E-state index in [2.05, 4.69) is 26.1 Å². The van der Waals surface area contributed by atoms with E-state index in [1.165, 1.54) is 23.5 Å². The topological polar surface area (TPSA) is 12.0 Å². The van der Waals surface area contributed by atoms with Gasteiger partial charge in [-0.25, -0.2) is 0 Å². The van der Waals surface area contributed by atoms with Crippen molar-refractivity contribution in [1.82, 2.24) is 5.32 Å². The number of hydrogen-bond donors (Lipinski definition) is 1. The van der Waals surface area contributed by atoms with Gasteiger partial charge in [0.2, 0.25) is 0 Å². The molecule has 1 saturated heterocycles. The summed E-state index contributed by atoms with van der Waals surface area (Å²) < 4.78 is 0. The number of nitrogens with one attached hydrogen (secondary N) is 1. The molecule has 0 aliphatic carbocycles. The summed E-state index contributed by atoms with van der Waals surface area (Å²) in [6.07, 6.45) is 1.23. The second-order valence-electron chi connectivity index (χ2n) is 6.14. The van der Waals surface area contributed by atoms with Gasteiger partial charge in [0, 0.05) is 17.8 Å². The van der Waals surface area contributed by atoms with Gasteiger partial charge in [-0.15, -0.1) is 0 Å². The molecule has 1 nitrogen and oxygen atoms in total. The second kappa shape index (κ2) is 6.26. The standard InChI is InChI=1S/C15H21Cl2NS/c1-10(11-4-5-13(16)14(17)6-11)18-12-7-15(2,3)9-19-8-12/h4-6,10,12,18H,7-9H2,1-3H3. The summed E-state index contributed by atoms with van der Waals surface area (Å²) in [4.78, 5) is 0. The van der Waals surface area contributed by atoms with Crippen LogP contribution in [0.3, 0.4) is 0 Å². The molecule has 1 heterocycles. The van der Waals surface area contributed by atoms with Crippen LogP contribution in [0.1, 0.15) is 38.8 Å². The van der Waals surface area contributed by atoms with E-state index in [4.69, 9.17) is 23.2 Å². The second-order valence-corrected chi connectivity index (χ2v) is 7.99. The van der Waals surface area contributed by atoms with E-state index < -0.39 is 0 Å². The van der Waals surface area contributed by atoms with Gasteiger partial charge in [0.15, 0.2) is 0 Å². The molecule has 1 N–H and O–H groups in total. The predicted molar refractivity (Wildman–Crippen MR) is 87.5 cm³/mol. The molecule has 0 radical (unpaired) electrons. The van der Waals surface area contributed by atoms with E-state index in [1.54, 1.807) is 0 Å². The highest BCUT2D eigenvalue weighted by molar-refractivity contribution is 7.99. The summed E-state index contributed by atoms with van der Waals surface area (Å²) in [5, 5.41) is 4.96. The first-order valence-electron chi connectivity index (χ1n) is 6.66. The molecule has 106 valence electrons. The molecule has 0 saturated carbocycles. The van der Waals surface area contributed by atoms with Crippen molar-refractivity contribution in [1.29, 1.82) is 0 Å². The fraction of sp³-hybridized carbons (Fsp3) is 0.600. The van der Waals surface area contributed by atoms with Crippen LogP contribution in [0, 0.1) is 5.41 Å². The molecule has 4 heteroatoms. The number of thioether (sulfide) groups is 1. The van der Waals surface area contributed by atoms with Gasteiger partial charge in [-0.05, 0) is 42.2 Å².